The van der Waals surface area contributed by atoms with Gasteiger partial charge in [0, 0.05) is 45.3 Å². The third kappa shape index (κ3) is 6.66. The van der Waals surface area contributed by atoms with Crippen molar-refractivity contribution in [1.82, 2.24) is 0 Å². The zero-order valence-corrected chi connectivity index (χ0v) is 46.5. The largest absolute Gasteiger partial charge is 0.468 e. The first-order valence-electron chi connectivity index (χ1n) is 27.9. The van der Waals surface area contributed by atoms with Gasteiger partial charge in [0.2, 0.25) is 0 Å². The lowest BCUT2D eigenvalue weighted by Crippen LogP contribution is -2.61. The molecule has 1 aromatic heterocycles. The predicted molar refractivity (Wildman–Crippen MR) is 306 cm³/mol. The lowest BCUT2D eigenvalue weighted by molar-refractivity contribution is 0.332. The van der Waals surface area contributed by atoms with E-state index < -0.39 is 5.54 Å². The van der Waals surface area contributed by atoms with Crippen molar-refractivity contribution in [3.8, 4) is 0 Å². The molecule has 5 heteroatoms. The van der Waals surface area contributed by atoms with Gasteiger partial charge in [0.15, 0.2) is 0 Å². The number of hydrogen-bond acceptors (Lipinski definition) is 4. The smallest absolute Gasteiger partial charge is 0.297 e. The Balaban J connectivity index is 1.17. The third-order valence-corrected chi connectivity index (χ3v) is 20.5. The van der Waals surface area contributed by atoms with Crippen molar-refractivity contribution in [3.63, 3.8) is 0 Å². The van der Waals surface area contributed by atoms with Crippen LogP contribution in [0, 0.1) is 5.92 Å². The Morgan fingerprint density at radius 3 is 1.58 bits per heavy atom. The van der Waals surface area contributed by atoms with Crippen LogP contribution >= 0.6 is 0 Å². The molecule has 13 rings (SSSR count). The highest BCUT2D eigenvalue weighted by Gasteiger charge is 2.51. The van der Waals surface area contributed by atoms with Gasteiger partial charge >= 0.3 is 0 Å². The molecule has 1 saturated carbocycles. The number of furan rings is 1. The second-order valence-corrected chi connectivity index (χ2v) is 29.2. The maximum atomic E-state index is 7.96. The van der Waals surface area contributed by atoms with Crippen molar-refractivity contribution in [2.75, 3.05) is 9.80 Å². The summed E-state index contributed by atoms with van der Waals surface area (Å²) in [6, 6.07) is 32.6. The molecule has 0 spiro atoms. The SMILES string of the molecule is CC(C)(C)c1ccc2c(c1)B1c3oc4cc5c(cc4c3N(c3ccc4c(c3)C(C)(C)CCC4(C)C)c3cc(C4(N)CCC6=CC6C4)cc(c31)N2c1ccc2c(c1)C(C)(C)CCC2(C)C)C(C)(C)CCC5(C)C. The summed E-state index contributed by atoms with van der Waals surface area (Å²) in [5, 5.41) is 1.21. The first-order chi connectivity index (χ1) is 33.6. The van der Waals surface area contributed by atoms with E-state index >= 15 is 0 Å². The highest BCUT2D eigenvalue weighted by Crippen LogP contribution is 2.57. The van der Waals surface area contributed by atoms with E-state index in [0.717, 1.165) is 56.2 Å². The van der Waals surface area contributed by atoms with E-state index in [1.54, 1.807) is 5.57 Å². The molecule has 1 fully saturated rings. The van der Waals surface area contributed by atoms with Crippen LogP contribution in [0.25, 0.3) is 11.0 Å². The highest BCUT2D eigenvalue weighted by atomic mass is 16.3. The molecule has 4 nitrogen and oxygen atoms in total. The molecule has 2 aliphatic heterocycles. The fraction of sp³-hybridized carbons (Fsp3) is 0.493. The monoisotopic (exact) mass is 954 g/mol. The molecule has 2 atom stereocenters. The number of hydrogen-bond donors (Lipinski definition) is 1. The number of nitrogens with zero attached hydrogens (tertiary/aromatic N) is 2. The Kier molecular flexibility index (Phi) is 9.38. The van der Waals surface area contributed by atoms with Gasteiger partial charge in [-0.3, -0.25) is 0 Å². The normalized spacial score (nSPS) is 25.0. The average Bonchev–Trinajstić information content (AvgIpc) is 3.99. The van der Waals surface area contributed by atoms with Crippen LogP contribution in [0.1, 0.15) is 206 Å². The van der Waals surface area contributed by atoms with E-state index in [2.05, 4.69) is 199 Å². The molecule has 0 bridgehead atoms. The number of nitrogens with two attached hydrogens (primary N) is 1. The molecular weight excluding hydrogens is 874 g/mol. The lowest BCUT2D eigenvalue weighted by atomic mass is 9.35. The molecule has 372 valence electrons. The summed E-state index contributed by atoms with van der Waals surface area (Å²) in [5.74, 6) is 0.508. The summed E-state index contributed by atoms with van der Waals surface area (Å²) in [6.07, 6.45) is 12.5. The van der Waals surface area contributed by atoms with Crippen LogP contribution in [0.3, 0.4) is 0 Å². The summed E-state index contributed by atoms with van der Waals surface area (Å²) in [4.78, 5) is 5.33. The predicted octanol–water partition coefficient (Wildman–Crippen LogP) is 15.8. The molecular formula is C67H80BN3O. The molecule has 0 radical (unpaired) electrons. The third-order valence-electron chi connectivity index (χ3n) is 20.5. The average molecular weight is 954 g/mol. The molecule has 5 aromatic carbocycles. The lowest BCUT2D eigenvalue weighted by Gasteiger charge is -2.46. The summed E-state index contributed by atoms with van der Waals surface area (Å²) < 4.78 is 7.75. The Bertz CT molecular complexity index is 3380. The van der Waals surface area contributed by atoms with Crippen molar-refractivity contribution in [1.29, 1.82) is 0 Å². The van der Waals surface area contributed by atoms with Crippen LogP contribution in [-0.2, 0) is 43.4 Å². The van der Waals surface area contributed by atoms with Crippen LogP contribution < -0.4 is 32.1 Å². The van der Waals surface area contributed by atoms with Crippen molar-refractivity contribution >= 4 is 68.4 Å². The zero-order chi connectivity index (χ0) is 50.8. The van der Waals surface area contributed by atoms with Crippen molar-refractivity contribution in [2.24, 2.45) is 11.7 Å². The van der Waals surface area contributed by atoms with Gasteiger partial charge in [-0.15, -0.1) is 0 Å². The van der Waals surface area contributed by atoms with Gasteiger partial charge in [0.25, 0.3) is 6.71 Å². The van der Waals surface area contributed by atoms with Crippen LogP contribution in [0.2, 0.25) is 0 Å². The van der Waals surface area contributed by atoms with E-state index in [1.165, 1.54) is 108 Å². The summed E-state index contributed by atoms with van der Waals surface area (Å²) in [5.41, 5.74) is 32.7. The van der Waals surface area contributed by atoms with Crippen LogP contribution in [0.4, 0.5) is 34.1 Å². The van der Waals surface area contributed by atoms with Crippen LogP contribution in [-0.4, -0.2) is 6.71 Å². The van der Waals surface area contributed by atoms with E-state index in [-0.39, 0.29) is 44.6 Å². The zero-order valence-electron chi connectivity index (χ0n) is 46.5. The first-order valence-corrected chi connectivity index (χ1v) is 27.9. The molecule has 0 saturated heterocycles. The van der Waals surface area contributed by atoms with Crippen molar-refractivity contribution < 1.29 is 4.42 Å². The number of benzene rings is 5. The van der Waals surface area contributed by atoms with Crippen molar-refractivity contribution in [2.45, 2.75) is 205 Å². The molecule has 2 unspecified atom stereocenters. The minimum atomic E-state index is -0.479. The van der Waals surface area contributed by atoms with Gasteiger partial charge in [-0.1, -0.05) is 140 Å². The fourth-order valence-electron chi connectivity index (χ4n) is 15.1. The van der Waals surface area contributed by atoms with Gasteiger partial charge in [-0.2, -0.15) is 0 Å². The van der Waals surface area contributed by atoms with Gasteiger partial charge in [0.05, 0.1) is 11.3 Å². The Hall–Kier alpha value is -5.00. The summed E-state index contributed by atoms with van der Waals surface area (Å²) in [6.45, 7) is 36.4. The van der Waals surface area contributed by atoms with Crippen molar-refractivity contribution in [3.05, 3.63) is 135 Å². The molecule has 72 heavy (non-hydrogen) atoms. The molecule has 5 aliphatic carbocycles. The molecule has 7 aliphatic rings. The Labute approximate surface area is 432 Å². The molecule has 2 N–H and O–H groups in total. The van der Waals surface area contributed by atoms with E-state index in [9.17, 15) is 0 Å². The summed E-state index contributed by atoms with van der Waals surface area (Å²) in [7, 11) is 0. The number of anilines is 6. The Morgan fingerprint density at radius 1 is 0.542 bits per heavy atom. The maximum absolute atomic E-state index is 7.96. The first kappa shape index (κ1) is 46.8. The second-order valence-electron chi connectivity index (χ2n) is 29.2. The maximum Gasteiger partial charge on any atom is 0.297 e. The minimum Gasteiger partial charge on any atom is -0.468 e. The van der Waals surface area contributed by atoms with E-state index in [1.807, 2.05) is 0 Å². The van der Waals surface area contributed by atoms with Crippen LogP contribution in [0.5, 0.6) is 0 Å². The van der Waals surface area contributed by atoms with Gasteiger partial charge in [0.1, 0.15) is 5.58 Å². The summed E-state index contributed by atoms with van der Waals surface area (Å²) >= 11 is 0. The topological polar surface area (TPSA) is 45.6 Å². The second kappa shape index (κ2) is 14.4. The standard InChI is InChI=1S/C67H80BN3O/c1-60(2,3)41-16-21-53-52(31-41)68-57-54(70(53)43-17-19-46-48(34-43)63(8,9)26-24-61(46,4)5)32-42(67(69)23-22-39-30-40(39)38-67)33-55(57)71(44-18-20-47-49(35-44)64(10,11)27-25-62(47,6)7)58-45-36-50-51(37-56(45)72-59(58)68)66(14,15)29-28-65(50,12)13/h16-21,30-37,40H,22-29,38,69H2,1-15H3. The molecule has 3 heterocycles. The number of rotatable bonds is 3. The van der Waals surface area contributed by atoms with E-state index in [0.29, 0.717) is 5.92 Å². The van der Waals surface area contributed by atoms with Gasteiger partial charge in [-0.05, 0) is 206 Å². The number of fused-ring (bicyclic) bond motifs is 10. The van der Waals surface area contributed by atoms with Crippen LogP contribution in [0.15, 0.2) is 94.9 Å². The van der Waals surface area contributed by atoms with E-state index in [4.69, 9.17) is 10.2 Å². The molecule has 0 amide bonds. The fourth-order valence-corrected chi connectivity index (χ4v) is 15.1. The number of allylic oxidation sites excluding steroid dienone is 2. The minimum absolute atomic E-state index is 0.0305. The highest BCUT2D eigenvalue weighted by molar-refractivity contribution is 7.00. The quantitative estimate of drug-likeness (QED) is 0.142. The van der Waals surface area contributed by atoms with Gasteiger partial charge in [-0.25, -0.2) is 0 Å². The molecule has 6 aromatic rings. The van der Waals surface area contributed by atoms with Gasteiger partial charge < -0.3 is 20.0 Å². The Morgan fingerprint density at radius 2 is 1.04 bits per heavy atom.